The van der Waals surface area contributed by atoms with Crippen molar-refractivity contribution in [2.75, 3.05) is 0 Å². The van der Waals surface area contributed by atoms with Crippen molar-refractivity contribution in [3.63, 3.8) is 0 Å². The average molecular weight is 220 g/mol. The van der Waals surface area contributed by atoms with Gasteiger partial charge in [0.05, 0.1) is 5.56 Å². The normalized spacial score (nSPS) is 10.7. The minimum Gasteiger partial charge on any atom is -0.474 e. The number of carbonyl (C=O) groups is 1. The fourth-order valence-electron chi connectivity index (χ4n) is 1.24. The Bertz CT molecular complexity index is 455. The molecule has 16 heavy (non-hydrogen) atoms. The summed E-state index contributed by atoms with van der Waals surface area (Å²) < 4.78 is 18.9. The van der Waals surface area contributed by atoms with Gasteiger partial charge in [-0.15, -0.1) is 6.42 Å². The van der Waals surface area contributed by atoms with Gasteiger partial charge in [-0.2, -0.15) is 0 Å². The van der Waals surface area contributed by atoms with Gasteiger partial charge in [0.15, 0.2) is 11.4 Å². The van der Waals surface area contributed by atoms with Crippen LogP contribution in [-0.4, -0.2) is 11.4 Å². The van der Waals surface area contributed by atoms with Crippen molar-refractivity contribution < 1.29 is 13.9 Å². The minimum absolute atomic E-state index is 0.0641. The molecular formula is C13H13FO2. The van der Waals surface area contributed by atoms with Gasteiger partial charge in [0.1, 0.15) is 11.6 Å². The number of ketones is 1. The summed E-state index contributed by atoms with van der Waals surface area (Å²) in [4.78, 5) is 11.3. The highest BCUT2D eigenvalue weighted by Crippen LogP contribution is 2.25. The molecule has 1 rings (SSSR count). The second kappa shape index (κ2) is 4.36. The van der Waals surface area contributed by atoms with Crippen LogP contribution < -0.4 is 4.74 Å². The van der Waals surface area contributed by atoms with Crippen LogP contribution in [0.4, 0.5) is 4.39 Å². The van der Waals surface area contributed by atoms with Gasteiger partial charge in [-0.25, -0.2) is 4.39 Å². The molecule has 0 bridgehead atoms. The molecule has 84 valence electrons. The maximum absolute atomic E-state index is 13.4. The number of carbonyl (C=O) groups excluding carboxylic acids is 1. The lowest BCUT2D eigenvalue weighted by atomic mass is 10.1. The molecule has 0 unspecified atom stereocenters. The van der Waals surface area contributed by atoms with Crippen LogP contribution in [0.15, 0.2) is 18.2 Å². The topological polar surface area (TPSA) is 26.3 Å². The van der Waals surface area contributed by atoms with Crippen molar-refractivity contribution in [1.82, 2.24) is 0 Å². The first-order valence-electron chi connectivity index (χ1n) is 4.83. The molecule has 1 aromatic rings. The van der Waals surface area contributed by atoms with E-state index in [2.05, 4.69) is 5.92 Å². The minimum atomic E-state index is -0.877. The Hall–Kier alpha value is -1.82. The number of hydrogen-bond donors (Lipinski definition) is 0. The van der Waals surface area contributed by atoms with Gasteiger partial charge >= 0.3 is 0 Å². The highest BCUT2D eigenvalue weighted by molar-refractivity contribution is 5.97. The monoisotopic (exact) mass is 220 g/mol. The van der Waals surface area contributed by atoms with Crippen molar-refractivity contribution in [3.8, 4) is 18.1 Å². The lowest BCUT2D eigenvalue weighted by Crippen LogP contribution is -2.26. The van der Waals surface area contributed by atoms with Gasteiger partial charge in [0.2, 0.25) is 0 Å². The molecule has 0 saturated carbocycles. The summed E-state index contributed by atoms with van der Waals surface area (Å²) in [6.45, 7) is 4.62. The zero-order valence-corrected chi connectivity index (χ0v) is 9.50. The van der Waals surface area contributed by atoms with Gasteiger partial charge in [0.25, 0.3) is 0 Å². The summed E-state index contributed by atoms with van der Waals surface area (Å²) in [5.74, 6) is 1.61. The van der Waals surface area contributed by atoms with Crippen LogP contribution in [0.2, 0.25) is 0 Å². The fourth-order valence-corrected chi connectivity index (χ4v) is 1.24. The molecule has 0 aliphatic carbocycles. The number of rotatable bonds is 3. The van der Waals surface area contributed by atoms with Crippen LogP contribution >= 0.6 is 0 Å². The molecule has 0 N–H and O–H groups in total. The van der Waals surface area contributed by atoms with E-state index in [4.69, 9.17) is 11.2 Å². The molecule has 0 atom stereocenters. The summed E-state index contributed by atoms with van der Waals surface area (Å²) >= 11 is 0. The van der Waals surface area contributed by atoms with E-state index >= 15 is 0 Å². The Morgan fingerprint density at radius 3 is 2.62 bits per heavy atom. The highest BCUT2D eigenvalue weighted by Gasteiger charge is 2.21. The predicted molar refractivity (Wildman–Crippen MR) is 59.9 cm³/mol. The second-order valence-corrected chi connectivity index (χ2v) is 3.93. The Morgan fingerprint density at radius 1 is 1.50 bits per heavy atom. The molecule has 0 amide bonds. The number of benzene rings is 1. The number of ether oxygens (including phenoxy) is 1. The maximum Gasteiger partial charge on any atom is 0.166 e. The fraction of sp³-hybridized carbons (Fsp3) is 0.308. The molecule has 0 heterocycles. The smallest absolute Gasteiger partial charge is 0.166 e. The van der Waals surface area contributed by atoms with E-state index < -0.39 is 11.4 Å². The van der Waals surface area contributed by atoms with Gasteiger partial charge < -0.3 is 4.74 Å². The lowest BCUT2D eigenvalue weighted by molar-refractivity contribution is 0.0998. The lowest BCUT2D eigenvalue weighted by Gasteiger charge is -2.21. The maximum atomic E-state index is 13.4. The molecule has 0 aliphatic heterocycles. The van der Waals surface area contributed by atoms with Gasteiger partial charge in [-0.3, -0.25) is 4.79 Å². The molecular weight excluding hydrogens is 207 g/mol. The van der Waals surface area contributed by atoms with Crippen molar-refractivity contribution in [3.05, 3.63) is 29.6 Å². The van der Waals surface area contributed by atoms with E-state index in [0.29, 0.717) is 0 Å². The van der Waals surface area contributed by atoms with Gasteiger partial charge in [-0.1, -0.05) is 12.0 Å². The largest absolute Gasteiger partial charge is 0.474 e. The molecule has 1 aromatic carbocycles. The molecule has 0 aromatic heterocycles. The van der Waals surface area contributed by atoms with E-state index in [1.165, 1.54) is 25.1 Å². The van der Waals surface area contributed by atoms with E-state index in [0.717, 1.165) is 0 Å². The third kappa shape index (κ3) is 2.60. The van der Waals surface area contributed by atoms with Crippen molar-refractivity contribution >= 4 is 5.78 Å². The molecule has 2 nitrogen and oxygen atoms in total. The van der Waals surface area contributed by atoms with Crippen LogP contribution in [0.5, 0.6) is 5.75 Å². The van der Waals surface area contributed by atoms with Gasteiger partial charge in [-0.05, 0) is 32.9 Å². The van der Waals surface area contributed by atoms with E-state index in [9.17, 15) is 9.18 Å². The first-order chi connectivity index (χ1) is 7.37. The standard InChI is InChI=1S/C13H13FO2/c1-5-13(3,4)16-11-8-6-7-10(14)12(11)9(2)15/h1,6-8H,2-4H3. The Morgan fingerprint density at radius 2 is 2.12 bits per heavy atom. The third-order valence-electron chi connectivity index (χ3n) is 2.04. The van der Waals surface area contributed by atoms with Crippen LogP contribution in [0.25, 0.3) is 0 Å². The van der Waals surface area contributed by atoms with Crippen molar-refractivity contribution in [2.45, 2.75) is 26.4 Å². The molecule has 0 aliphatic rings. The number of Topliss-reactive ketones (excluding diaryl/α,β-unsaturated/α-hetero) is 1. The van der Waals surface area contributed by atoms with Gasteiger partial charge in [0, 0.05) is 0 Å². The molecule has 0 fully saturated rings. The number of terminal acetylenes is 1. The SMILES string of the molecule is C#CC(C)(C)Oc1cccc(F)c1C(C)=O. The Kier molecular flexibility index (Phi) is 3.34. The molecule has 0 radical (unpaired) electrons. The first-order valence-corrected chi connectivity index (χ1v) is 4.83. The molecule has 3 heteroatoms. The number of halogens is 1. The quantitative estimate of drug-likeness (QED) is 0.578. The zero-order chi connectivity index (χ0) is 12.3. The number of hydrogen-bond acceptors (Lipinski definition) is 2. The summed E-state index contributed by atoms with van der Waals surface area (Å²) in [5.41, 5.74) is -0.941. The average Bonchev–Trinajstić information content (AvgIpc) is 2.16. The second-order valence-electron chi connectivity index (χ2n) is 3.93. The van der Waals surface area contributed by atoms with Crippen LogP contribution in [0, 0.1) is 18.2 Å². The molecule has 0 saturated heterocycles. The van der Waals surface area contributed by atoms with Crippen LogP contribution in [0.3, 0.4) is 0 Å². The van der Waals surface area contributed by atoms with E-state index in [1.54, 1.807) is 13.8 Å². The molecule has 0 spiro atoms. The van der Waals surface area contributed by atoms with E-state index in [-0.39, 0.29) is 17.1 Å². The predicted octanol–water partition coefficient (Wildman–Crippen LogP) is 2.82. The van der Waals surface area contributed by atoms with Crippen LogP contribution in [0.1, 0.15) is 31.1 Å². The highest BCUT2D eigenvalue weighted by atomic mass is 19.1. The zero-order valence-electron chi connectivity index (χ0n) is 9.50. The summed E-state index contributed by atoms with van der Waals surface area (Å²) in [5, 5.41) is 0. The summed E-state index contributed by atoms with van der Waals surface area (Å²) in [7, 11) is 0. The summed E-state index contributed by atoms with van der Waals surface area (Å²) in [6.07, 6.45) is 5.26. The first kappa shape index (κ1) is 12.3. The van der Waals surface area contributed by atoms with E-state index in [1.807, 2.05) is 0 Å². The van der Waals surface area contributed by atoms with Crippen LogP contribution in [-0.2, 0) is 0 Å². The Labute approximate surface area is 94.4 Å². The summed E-state index contributed by atoms with van der Waals surface area (Å²) in [6, 6.07) is 4.22. The Balaban J connectivity index is 3.21. The van der Waals surface area contributed by atoms with Crippen molar-refractivity contribution in [2.24, 2.45) is 0 Å². The van der Waals surface area contributed by atoms with Crippen molar-refractivity contribution in [1.29, 1.82) is 0 Å². The third-order valence-corrected chi connectivity index (χ3v) is 2.04.